The molecule has 0 radical (unpaired) electrons. The highest BCUT2D eigenvalue weighted by Crippen LogP contribution is 2.33. The molecule has 1 heterocycles. The Balaban J connectivity index is 1.97. The molecule has 1 aliphatic rings. The predicted molar refractivity (Wildman–Crippen MR) is 85.3 cm³/mol. The molecule has 1 N–H and O–H groups in total. The largest absolute Gasteiger partial charge is 0.396 e. The first-order valence-corrected chi connectivity index (χ1v) is 7.84. The molecule has 1 unspecified atom stereocenters. The molecule has 0 bridgehead atoms. The van der Waals surface area contributed by atoms with E-state index >= 15 is 0 Å². The number of hydrogen-bond acceptors (Lipinski definition) is 3. The van der Waals surface area contributed by atoms with Gasteiger partial charge in [-0.2, -0.15) is 0 Å². The number of nitrogens with zero attached hydrogens (tertiary/aromatic N) is 2. The average molecular weight is 276 g/mol. The molecule has 20 heavy (non-hydrogen) atoms. The van der Waals surface area contributed by atoms with E-state index in [1.807, 2.05) is 0 Å². The van der Waals surface area contributed by atoms with Gasteiger partial charge in [-0.25, -0.2) is 0 Å². The Morgan fingerprint density at radius 2 is 2.10 bits per heavy atom. The number of aliphatic hydroxyl groups is 1. The van der Waals surface area contributed by atoms with Gasteiger partial charge in [0.05, 0.1) is 0 Å². The van der Waals surface area contributed by atoms with Gasteiger partial charge in [-0.05, 0) is 62.9 Å². The van der Waals surface area contributed by atoms with Crippen LogP contribution < -0.4 is 4.90 Å². The molecule has 1 fully saturated rings. The number of anilines is 1. The fraction of sp³-hybridized carbons (Fsp3) is 0.647. The second-order valence-electron chi connectivity index (χ2n) is 5.97. The van der Waals surface area contributed by atoms with Crippen LogP contribution in [0.2, 0.25) is 0 Å². The molecule has 1 aliphatic heterocycles. The second kappa shape index (κ2) is 7.65. The fourth-order valence-corrected chi connectivity index (χ4v) is 3.08. The Morgan fingerprint density at radius 3 is 2.85 bits per heavy atom. The molecule has 0 saturated carbocycles. The van der Waals surface area contributed by atoms with Crippen LogP contribution in [0, 0.1) is 0 Å². The van der Waals surface area contributed by atoms with Crippen molar-refractivity contribution in [2.24, 2.45) is 0 Å². The van der Waals surface area contributed by atoms with Crippen molar-refractivity contribution < 1.29 is 5.11 Å². The van der Waals surface area contributed by atoms with E-state index in [-0.39, 0.29) is 0 Å². The maximum absolute atomic E-state index is 8.85. The van der Waals surface area contributed by atoms with E-state index in [4.69, 9.17) is 5.11 Å². The summed E-state index contributed by atoms with van der Waals surface area (Å²) in [5.41, 5.74) is 2.74. The number of likely N-dealkylation sites (tertiary alicyclic amines) is 1. The van der Waals surface area contributed by atoms with Crippen LogP contribution in [0.1, 0.15) is 43.7 Å². The minimum absolute atomic E-state index is 0.328. The molecule has 3 nitrogen and oxygen atoms in total. The van der Waals surface area contributed by atoms with Gasteiger partial charge in [0.15, 0.2) is 0 Å². The summed E-state index contributed by atoms with van der Waals surface area (Å²) in [7, 11) is 4.20. The molecule has 1 aromatic rings. The number of hydrogen-bond donors (Lipinski definition) is 1. The quantitative estimate of drug-likeness (QED) is 0.775. The Morgan fingerprint density at radius 1 is 1.25 bits per heavy atom. The van der Waals surface area contributed by atoms with Crippen molar-refractivity contribution in [1.82, 2.24) is 4.90 Å². The Bertz CT molecular complexity index is 406. The lowest BCUT2D eigenvalue weighted by atomic mass is 10.0. The Labute approximate surface area is 123 Å². The van der Waals surface area contributed by atoms with Gasteiger partial charge in [0.2, 0.25) is 0 Å². The van der Waals surface area contributed by atoms with Crippen molar-refractivity contribution in [2.45, 2.75) is 38.1 Å². The first-order valence-electron chi connectivity index (χ1n) is 7.84. The second-order valence-corrected chi connectivity index (χ2v) is 5.97. The molecule has 0 aromatic heterocycles. The maximum Gasteiger partial charge on any atom is 0.0431 e. The normalized spacial score (nSPS) is 19.4. The van der Waals surface area contributed by atoms with Gasteiger partial charge in [0, 0.05) is 32.4 Å². The monoisotopic (exact) mass is 276 g/mol. The zero-order chi connectivity index (χ0) is 14.4. The highest BCUT2D eigenvalue weighted by molar-refractivity contribution is 5.48. The average Bonchev–Trinajstić information content (AvgIpc) is 2.92. The van der Waals surface area contributed by atoms with Crippen molar-refractivity contribution in [3.05, 3.63) is 29.8 Å². The lowest BCUT2D eigenvalue weighted by Gasteiger charge is -2.26. The van der Waals surface area contributed by atoms with Gasteiger partial charge in [0.25, 0.3) is 0 Å². The van der Waals surface area contributed by atoms with E-state index in [0.717, 1.165) is 19.4 Å². The van der Waals surface area contributed by atoms with Gasteiger partial charge < -0.3 is 10.0 Å². The fourth-order valence-electron chi connectivity index (χ4n) is 3.08. The molecule has 1 aromatic carbocycles. The minimum Gasteiger partial charge on any atom is -0.396 e. The molecule has 0 amide bonds. The molecule has 3 heteroatoms. The first-order chi connectivity index (χ1) is 9.72. The molecule has 112 valence electrons. The summed E-state index contributed by atoms with van der Waals surface area (Å²) >= 11 is 0. The van der Waals surface area contributed by atoms with Crippen LogP contribution in [-0.4, -0.2) is 43.8 Å². The van der Waals surface area contributed by atoms with E-state index in [2.05, 4.69) is 48.2 Å². The molecule has 0 aliphatic carbocycles. The van der Waals surface area contributed by atoms with Gasteiger partial charge >= 0.3 is 0 Å². The third-order valence-electron chi connectivity index (χ3n) is 4.24. The van der Waals surface area contributed by atoms with Crippen molar-refractivity contribution in [2.75, 3.05) is 38.7 Å². The van der Waals surface area contributed by atoms with Gasteiger partial charge in [-0.15, -0.1) is 0 Å². The molecular formula is C17H28N2O. The zero-order valence-electron chi connectivity index (χ0n) is 12.9. The third kappa shape index (κ3) is 3.97. The topological polar surface area (TPSA) is 26.7 Å². The lowest BCUT2D eigenvalue weighted by molar-refractivity contribution is 0.241. The summed E-state index contributed by atoms with van der Waals surface area (Å²) in [4.78, 5) is 4.79. The predicted octanol–water partition coefficient (Wildman–Crippen LogP) is 3.05. The number of unbranched alkanes of at least 4 members (excludes halogenated alkanes) is 2. The van der Waals surface area contributed by atoms with Gasteiger partial charge in [0.1, 0.15) is 0 Å². The van der Waals surface area contributed by atoms with Gasteiger partial charge in [-0.3, -0.25) is 4.90 Å². The van der Waals surface area contributed by atoms with Crippen LogP contribution in [-0.2, 0) is 0 Å². The SMILES string of the molecule is CN(C)c1cccc(C2CCCN2CCCCCO)c1. The summed E-state index contributed by atoms with van der Waals surface area (Å²) in [6.45, 7) is 2.71. The maximum atomic E-state index is 8.85. The molecule has 2 rings (SSSR count). The zero-order valence-corrected chi connectivity index (χ0v) is 12.9. The highest BCUT2D eigenvalue weighted by atomic mass is 16.2. The van der Waals surface area contributed by atoms with E-state index in [9.17, 15) is 0 Å². The first kappa shape index (κ1) is 15.3. The number of aliphatic hydroxyl groups excluding tert-OH is 1. The van der Waals surface area contributed by atoms with Gasteiger partial charge in [-0.1, -0.05) is 12.1 Å². The summed E-state index contributed by atoms with van der Waals surface area (Å²) < 4.78 is 0. The Kier molecular flexibility index (Phi) is 5.86. The van der Waals surface area contributed by atoms with E-state index < -0.39 is 0 Å². The lowest BCUT2D eigenvalue weighted by Crippen LogP contribution is -2.24. The van der Waals surface area contributed by atoms with Crippen molar-refractivity contribution in [3.63, 3.8) is 0 Å². The van der Waals surface area contributed by atoms with Crippen LogP contribution >= 0.6 is 0 Å². The van der Waals surface area contributed by atoms with Crippen LogP contribution in [0.25, 0.3) is 0 Å². The van der Waals surface area contributed by atoms with Crippen molar-refractivity contribution >= 4 is 5.69 Å². The van der Waals surface area contributed by atoms with Crippen molar-refractivity contribution in [3.8, 4) is 0 Å². The Hall–Kier alpha value is -1.06. The van der Waals surface area contributed by atoms with Crippen molar-refractivity contribution in [1.29, 1.82) is 0 Å². The molecule has 0 spiro atoms. The standard InChI is InChI=1S/C17H28N2O/c1-18(2)16-9-6-8-15(14-16)17-10-7-12-19(17)11-4-3-5-13-20/h6,8-9,14,17,20H,3-5,7,10-13H2,1-2H3. The van der Waals surface area contributed by atoms with E-state index in [1.54, 1.807) is 0 Å². The summed E-state index contributed by atoms with van der Waals surface area (Å²) in [6, 6.07) is 9.53. The van der Waals surface area contributed by atoms with Crippen LogP contribution in [0.3, 0.4) is 0 Å². The van der Waals surface area contributed by atoms with Crippen LogP contribution in [0.15, 0.2) is 24.3 Å². The highest BCUT2D eigenvalue weighted by Gasteiger charge is 2.25. The summed E-state index contributed by atoms with van der Waals surface area (Å²) in [5.74, 6) is 0. The van der Waals surface area contributed by atoms with E-state index in [0.29, 0.717) is 12.6 Å². The molecular weight excluding hydrogens is 248 g/mol. The summed E-state index contributed by atoms with van der Waals surface area (Å²) in [6.07, 6.45) is 5.85. The molecule has 1 saturated heterocycles. The number of rotatable bonds is 7. The minimum atomic E-state index is 0.328. The van der Waals surface area contributed by atoms with Crippen LogP contribution in [0.5, 0.6) is 0 Å². The van der Waals surface area contributed by atoms with E-state index in [1.165, 1.54) is 37.1 Å². The van der Waals surface area contributed by atoms with Crippen LogP contribution in [0.4, 0.5) is 5.69 Å². The third-order valence-corrected chi connectivity index (χ3v) is 4.24. The summed E-state index contributed by atoms with van der Waals surface area (Å²) in [5, 5.41) is 8.85. The smallest absolute Gasteiger partial charge is 0.0431 e. The number of benzene rings is 1. The molecule has 1 atom stereocenters.